The van der Waals surface area contributed by atoms with Gasteiger partial charge in [0.2, 0.25) is 5.91 Å². The maximum Gasteiger partial charge on any atom is 0.224 e. The van der Waals surface area contributed by atoms with Crippen LogP contribution in [0.5, 0.6) is 5.75 Å². The number of ether oxygens (including phenoxy) is 1. The molecule has 0 saturated carbocycles. The molecule has 4 nitrogen and oxygen atoms in total. The lowest BCUT2D eigenvalue weighted by atomic mass is 10.2. The fraction of sp³-hybridized carbons (Fsp3) is 0.188. The highest BCUT2D eigenvalue weighted by atomic mass is 79.9. The molecule has 0 aliphatic heterocycles. The lowest BCUT2D eigenvalue weighted by Gasteiger charge is -2.08. The summed E-state index contributed by atoms with van der Waals surface area (Å²) in [5.41, 5.74) is 7.00. The summed E-state index contributed by atoms with van der Waals surface area (Å²) in [5, 5.41) is 2.81. The van der Waals surface area contributed by atoms with Gasteiger partial charge in [0.05, 0.1) is 11.1 Å². The third-order valence-electron chi connectivity index (χ3n) is 2.81. The molecule has 0 saturated heterocycles. The molecule has 0 bridgehead atoms. The Kier molecular flexibility index (Phi) is 5.63. The Labute approximate surface area is 132 Å². The Balaban J connectivity index is 1.71. The van der Waals surface area contributed by atoms with Gasteiger partial charge in [-0.25, -0.2) is 0 Å². The number of nitrogens with two attached hydrogens (primary N) is 1. The normalized spacial score (nSPS) is 10.1. The molecule has 3 N–H and O–H groups in total. The van der Waals surface area contributed by atoms with E-state index < -0.39 is 0 Å². The van der Waals surface area contributed by atoms with E-state index in [4.69, 9.17) is 10.5 Å². The largest absolute Gasteiger partial charge is 0.492 e. The minimum atomic E-state index is -0.0451. The van der Waals surface area contributed by atoms with Gasteiger partial charge in [0.1, 0.15) is 5.75 Å². The van der Waals surface area contributed by atoms with Crippen molar-refractivity contribution in [3.8, 4) is 5.75 Å². The van der Waals surface area contributed by atoms with Crippen LogP contribution in [0.2, 0.25) is 0 Å². The highest BCUT2D eigenvalue weighted by Crippen LogP contribution is 2.23. The Morgan fingerprint density at radius 3 is 2.76 bits per heavy atom. The first-order valence-corrected chi connectivity index (χ1v) is 7.47. The van der Waals surface area contributed by atoms with Gasteiger partial charge in [-0.15, -0.1) is 0 Å². The van der Waals surface area contributed by atoms with Crippen molar-refractivity contribution in [2.75, 3.05) is 17.7 Å². The number of carbonyl (C=O) groups excluding carboxylic acids is 1. The van der Waals surface area contributed by atoms with Crippen LogP contribution >= 0.6 is 15.9 Å². The highest BCUT2D eigenvalue weighted by molar-refractivity contribution is 9.10. The number of carbonyl (C=O) groups is 1. The van der Waals surface area contributed by atoms with Crippen molar-refractivity contribution in [3.05, 3.63) is 53.0 Å². The van der Waals surface area contributed by atoms with Crippen LogP contribution in [0.25, 0.3) is 0 Å². The van der Waals surface area contributed by atoms with Gasteiger partial charge < -0.3 is 15.8 Å². The lowest BCUT2D eigenvalue weighted by Crippen LogP contribution is -2.13. The molecule has 2 aromatic rings. The van der Waals surface area contributed by atoms with Gasteiger partial charge in [0, 0.05) is 17.8 Å². The Hall–Kier alpha value is -2.01. The van der Waals surface area contributed by atoms with Crippen LogP contribution in [0, 0.1) is 0 Å². The lowest BCUT2D eigenvalue weighted by molar-refractivity contribution is -0.116. The van der Waals surface area contributed by atoms with Gasteiger partial charge in [-0.1, -0.05) is 18.2 Å². The summed E-state index contributed by atoms with van der Waals surface area (Å²) in [6, 6.07) is 14.8. The molecular weight excluding hydrogens is 332 g/mol. The molecule has 0 aromatic heterocycles. The number of hydrogen-bond acceptors (Lipinski definition) is 3. The molecule has 1 amide bonds. The van der Waals surface area contributed by atoms with E-state index in [0.29, 0.717) is 30.8 Å². The molecule has 0 heterocycles. The van der Waals surface area contributed by atoms with Gasteiger partial charge in [-0.05, 0) is 52.7 Å². The van der Waals surface area contributed by atoms with Crippen molar-refractivity contribution in [2.45, 2.75) is 12.8 Å². The second-order valence-corrected chi connectivity index (χ2v) is 5.41. The fourth-order valence-corrected chi connectivity index (χ4v) is 2.22. The molecule has 0 spiro atoms. The summed E-state index contributed by atoms with van der Waals surface area (Å²) >= 11 is 3.41. The number of hydrogen-bond donors (Lipinski definition) is 2. The number of halogens is 1. The summed E-state index contributed by atoms with van der Waals surface area (Å²) in [4.78, 5) is 11.8. The second-order valence-electron chi connectivity index (χ2n) is 4.56. The summed E-state index contributed by atoms with van der Waals surface area (Å²) in [6.45, 7) is 0.493. The number of anilines is 2. The van der Waals surface area contributed by atoms with Crippen LogP contribution in [0.1, 0.15) is 12.8 Å². The van der Waals surface area contributed by atoms with Crippen LogP contribution in [-0.2, 0) is 4.79 Å². The molecule has 0 aliphatic rings. The number of benzene rings is 2. The van der Waals surface area contributed by atoms with Crippen molar-refractivity contribution < 1.29 is 9.53 Å². The van der Waals surface area contributed by atoms with Crippen molar-refractivity contribution in [2.24, 2.45) is 0 Å². The van der Waals surface area contributed by atoms with Crippen LogP contribution in [0.3, 0.4) is 0 Å². The fourth-order valence-electron chi connectivity index (χ4n) is 1.82. The quantitative estimate of drug-likeness (QED) is 0.615. The molecule has 0 unspecified atom stereocenters. The molecule has 0 aliphatic carbocycles. The van der Waals surface area contributed by atoms with Crippen molar-refractivity contribution >= 4 is 33.2 Å². The second kappa shape index (κ2) is 7.69. The molecular formula is C16H17BrN2O2. The molecule has 0 fully saturated rings. The minimum absolute atomic E-state index is 0.0451. The molecule has 110 valence electrons. The SMILES string of the molecule is Nc1cccc(NC(=O)CCCOc2ccccc2Br)c1. The number of nitrogens with one attached hydrogen (secondary N) is 1. The first-order chi connectivity index (χ1) is 10.1. The van der Waals surface area contributed by atoms with E-state index in [0.717, 1.165) is 10.2 Å². The predicted molar refractivity (Wildman–Crippen MR) is 88.4 cm³/mol. The summed E-state index contributed by atoms with van der Waals surface area (Å²) < 4.78 is 6.52. The van der Waals surface area contributed by atoms with Crippen molar-refractivity contribution in [3.63, 3.8) is 0 Å². The van der Waals surface area contributed by atoms with Crippen molar-refractivity contribution in [1.29, 1.82) is 0 Å². The Morgan fingerprint density at radius 2 is 2.00 bits per heavy atom. The van der Waals surface area contributed by atoms with Crippen LogP contribution in [0.4, 0.5) is 11.4 Å². The summed E-state index contributed by atoms with van der Waals surface area (Å²) in [7, 11) is 0. The topological polar surface area (TPSA) is 64.3 Å². The zero-order valence-electron chi connectivity index (χ0n) is 11.5. The van der Waals surface area contributed by atoms with Gasteiger partial charge in [0.25, 0.3) is 0 Å². The Bertz CT molecular complexity index is 617. The highest BCUT2D eigenvalue weighted by Gasteiger charge is 2.04. The summed E-state index contributed by atoms with van der Waals surface area (Å²) in [6.07, 6.45) is 1.05. The molecule has 2 aromatic carbocycles. The first kappa shape index (κ1) is 15.4. The van der Waals surface area contributed by atoms with Crippen LogP contribution < -0.4 is 15.8 Å². The molecule has 21 heavy (non-hydrogen) atoms. The smallest absolute Gasteiger partial charge is 0.224 e. The molecule has 0 atom stereocenters. The van der Waals surface area contributed by atoms with Crippen molar-refractivity contribution in [1.82, 2.24) is 0 Å². The summed E-state index contributed by atoms with van der Waals surface area (Å²) in [5.74, 6) is 0.741. The third-order valence-corrected chi connectivity index (χ3v) is 3.47. The number of para-hydroxylation sites is 1. The molecule has 2 rings (SSSR count). The standard InChI is InChI=1S/C16H17BrN2O2/c17-14-7-1-2-8-15(14)21-10-4-9-16(20)19-13-6-3-5-12(18)11-13/h1-3,5-8,11H,4,9-10,18H2,(H,19,20). The van der Waals surface area contributed by atoms with Crippen LogP contribution in [-0.4, -0.2) is 12.5 Å². The van der Waals surface area contributed by atoms with E-state index in [1.807, 2.05) is 30.3 Å². The third kappa shape index (κ3) is 5.11. The van der Waals surface area contributed by atoms with E-state index in [2.05, 4.69) is 21.2 Å². The van der Waals surface area contributed by atoms with E-state index in [-0.39, 0.29) is 5.91 Å². The predicted octanol–water partition coefficient (Wildman–Crippen LogP) is 3.83. The van der Waals surface area contributed by atoms with Crippen LogP contribution in [0.15, 0.2) is 53.0 Å². The number of amides is 1. The van der Waals surface area contributed by atoms with Gasteiger partial charge in [-0.2, -0.15) is 0 Å². The van der Waals surface area contributed by atoms with Gasteiger partial charge in [0.15, 0.2) is 0 Å². The average molecular weight is 349 g/mol. The number of rotatable bonds is 6. The molecule has 0 radical (unpaired) electrons. The minimum Gasteiger partial charge on any atom is -0.492 e. The zero-order chi connectivity index (χ0) is 15.1. The van der Waals surface area contributed by atoms with E-state index in [1.165, 1.54) is 0 Å². The van der Waals surface area contributed by atoms with E-state index in [1.54, 1.807) is 18.2 Å². The first-order valence-electron chi connectivity index (χ1n) is 6.68. The van der Waals surface area contributed by atoms with Gasteiger partial charge >= 0.3 is 0 Å². The maximum atomic E-state index is 11.8. The molecule has 5 heteroatoms. The number of nitrogen functional groups attached to an aromatic ring is 1. The van der Waals surface area contributed by atoms with E-state index >= 15 is 0 Å². The zero-order valence-corrected chi connectivity index (χ0v) is 13.1. The average Bonchev–Trinajstić information content (AvgIpc) is 2.45. The maximum absolute atomic E-state index is 11.8. The Morgan fingerprint density at radius 1 is 1.19 bits per heavy atom. The van der Waals surface area contributed by atoms with E-state index in [9.17, 15) is 4.79 Å². The van der Waals surface area contributed by atoms with Gasteiger partial charge in [-0.3, -0.25) is 4.79 Å². The monoisotopic (exact) mass is 348 g/mol.